The van der Waals surface area contributed by atoms with Crippen LogP contribution >= 0.6 is 0 Å². The number of nitrogens with two attached hydrogens (primary N) is 1. The summed E-state index contributed by atoms with van der Waals surface area (Å²) in [4.78, 5) is 10.6. The van der Waals surface area contributed by atoms with Crippen LogP contribution in [0.15, 0.2) is 54.7 Å². The Morgan fingerprint density at radius 3 is 2.56 bits per heavy atom. The van der Waals surface area contributed by atoms with Crippen LogP contribution in [0.3, 0.4) is 0 Å². The van der Waals surface area contributed by atoms with Gasteiger partial charge in [-0.15, -0.1) is 0 Å². The summed E-state index contributed by atoms with van der Waals surface area (Å²) in [5, 5.41) is 2.53. The van der Waals surface area contributed by atoms with Gasteiger partial charge >= 0.3 is 0 Å². The van der Waals surface area contributed by atoms with E-state index in [1.807, 2.05) is 6.20 Å². The Kier molecular flexibility index (Phi) is 6.49. The Morgan fingerprint density at radius 2 is 1.75 bits per heavy atom. The number of aryl methyl sites for hydroxylation is 1. The van der Waals surface area contributed by atoms with Crippen LogP contribution < -0.4 is 5.73 Å². The molecule has 166 valence electrons. The molecule has 0 aliphatic carbocycles. The van der Waals surface area contributed by atoms with Crippen LogP contribution in [-0.2, 0) is 17.7 Å². The molecular formula is C27H32N4O. The fraction of sp³-hybridized carbons (Fsp3) is 0.370. The number of rotatable bonds is 8. The second-order valence-corrected chi connectivity index (χ2v) is 8.76. The third kappa shape index (κ3) is 4.56. The van der Waals surface area contributed by atoms with E-state index in [1.54, 1.807) is 0 Å². The Hall–Kier alpha value is -2.73. The number of unbranched alkanes of at least 4 members (excludes halogenated alkanes) is 2. The molecule has 0 radical (unpaired) electrons. The van der Waals surface area contributed by atoms with Gasteiger partial charge in [-0.25, -0.2) is 4.98 Å². The maximum atomic E-state index is 5.66. The highest BCUT2D eigenvalue weighted by Gasteiger charge is 2.13. The molecule has 0 unspecified atom stereocenters. The van der Waals surface area contributed by atoms with Crippen LogP contribution in [0.2, 0.25) is 0 Å². The zero-order valence-electron chi connectivity index (χ0n) is 18.6. The summed E-state index contributed by atoms with van der Waals surface area (Å²) >= 11 is 0. The Bertz CT molecular complexity index is 1180. The first-order chi connectivity index (χ1) is 15.8. The van der Waals surface area contributed by atoms with Crippen molar-refractivity contribution in [2.75, 3.05) is 32.8 Å². The van der Waals surface area contributed by atoms with Gasteiger partial charge in [-0.2, -0.15) is 0 Å². The predicted molar refractivity (Wildman–Crippen MR) is 132 cm³/mol. The van der Waals surface area contributed by atoms with Gasteiger partial charge in [0.05, 0.1) is 13.2 Å². The van der Waals surface area contributed by atoms with Crippen molar-refractivity contribution in [1.82, 2.24) is 14.9 Å². The molecule has 32 heavy (non-hydrogen) atoms. The smallest absolute Gasteiger partial charge is 0.138 e. The number of morpholine rings is 1. The highest BCUT2D eigenvalue weighted by Crippen LogP contribution is 2.32. The van der Waals surface area contributed by atoms with Gasteiger partial charge in [0.2, 0.25) is 0 Å². The molecule has 1 aliphatic heterocycles. The minimum Gasteiger partial charge on any atom is -0.379 e. The van der Waals surface area contributed by atoms with E-state index >= 15 is 0 Å². The number of ether oxygens (including phenoxy) is 1. The van der Waals surface area contributed by atoms with E-state index in [1.165, 1.54) is 39.4 Å². The quantitative estimate of drug-likeness (QED) is 0.392. The van der Waals surface area contributed by atoms with Gasteiger partial charge < -0.3 is 15.5 Å². The first-order valence-electron chi connectivity index (χ1n) is 11.8. The van der Waals surface area contributed by atoms with E-state index in [2.05, 4.69) is 63.4 Å². The van der Waals surface area contributed by atoms with E-state index in [4.69, 9.17) is 10.5 Å². The molecule has 0 bridgehead atoms. The number of hydrogen-bond donors (Lipinski definition) is 2. The molecule has 0 saturated carbocycles. The predicted octanol–water partition coefficient (Wildman–Crippen LogP) is 4.89. The van der Waals surface area contributed by atoms with Crippen molar-refractivity contribution in [3.05, 3.63) is 65.9 Å². The summed E-state index contributed by atoms with van der Waals surface area (Å²) in [5.74, 6) is 0. The molecule has 3 N–H and O–H groups in total. The number of nitrogens with zero attached hydrogens (tertiary/aromatic N) is 2. The number of H-pyrrole nitrogens is 1. The molecule has 0 atom stereocenters. The number of fused-ring (bicyclic) bond motifs is 3. The number of benzene rings is 2. The summed E-state index contributed by atoms with van der Waals surface area (Å²) in [6.45, 7) is 5.47. The molecule has 4 aromatic rings. The zero-order chi connectivity index (χ0) is 21.8. The fourth-order valence-corrected chi connectivity index (χ4v) is 4.73. The van der Waals surface area contributed by atoms with Crippen molar-refractivity contribution < 1.29 is 4.74 Å². The average Bonchev–Trinajstić information content (AvgIpc) is 3.22. The fourth-order valence-electron chi connectivity index (χ4n) is 4.73. The van der Waals surface area contributed by atoms with Gasteiger partial charge in [-0.1, -0.05) is 36.8 Å². The molecule has 5 nitrogen and oxygen atoms in total. The van der Waals surface area contributed by atoms with E-state index in [-0.39, 0.29) is 0 Å². The Balaban J connectivity index is 1.41. The van der Waals surface area contributed by atoms with Crippen molar-refractivity contribution in [3.63, 3.8) is 0 Å². The van der Waals surface area contributed by atoms with Gasteiger partial charge in [-0.05, 0) is 66.3 Å². The van der Waals surface area contributed by atoms with Crippen LogP contribution in [0.1, 0.15) is 30.4 Å². The minimum atomic E-state index is 0.771. The van der Waals surface area contributed by atoms with Crippen LogP contribution in [0.25, 0.3) is 33.1 Å². The van der Waals surface area contributed by atoms with E-state index in [9.17, 15) is 0 Å². The summed E-state index contributed by atoms with van der Waals surface area (Å²) in [7, 11) is 0. The molecule has 1 saturated heterocycles. The van der Waals surface area contributed by atoms with Crippen molar-refractivity contribution in [2.24, 2.45) is 5.73 Å². The number of aromatic nitrogens is 2. The maximum Gasteiger partial charge on any atom is 0.138 e. The largest absolute Gasteiger partial charge is 0.379 e. The van der Waals surface area contributed by atoms with Crippen molar-refractivity contribution in [3.8, 4) is 11.1 Å². The molecule has 2 aromatic carbocycles. The molecule has 0 amide bonds. The van der Waals surface area contributed by atoms with Crippen LogP contribution in [0.5, 0.6) is 0 Å². The van der Waals surface area contributed by atoms with Gasteiger partial charge in [0, 0.05) is 42.1 Å². The molecule has 0 spiro atoms. The lowest BCUT2D eigenvalue weighted by atomic mass is 9.99. The molecular weight excluding hydrogens is 396 g/mol. The number of nitrogens with one attached hydrogen (secondary N) is 1. The first-order valence-corrected chi connectivity index (χ1v) is 11.8. The molecule has 5 rings (SSSR count). The van der Waals surface area contributed by atoms with Crippen LogP contribution in [-0.4, -0.2) is 47.7 Å². The molecule has 3 heterocycles. The first kappa shape index (κ1) is 21.1. The number of aromatic amines is 1. The second-order valence-electron chi connectivity index (χ2n) is 8.76. The van der Waals surface area contributed by atoms with Crippen molar-refractivity contribution in [2.45, 2.75) is 32.2 Å². The van der Waals surface area contributed by atoms with Gasteiger partial charge in [0.15, 0.2) is 0 Å². The highest BCUT2D eigenvalue weighted by molar-refractivity contribution is 6.08. The third-order valence-electron chi connectivity index (χ3n) is 6.53. The molecule has 2 aromatic heterocycles. The monoisotopic (exact) mass is 428 g/mol. The van der Waals surface area contributed by atoms with Crippen molar-refractivity contribution >= 4 is 21.9 Å². The van der Waals surface area contributed by atoms with E-state index < -0.39 is 0 Å². The maximum absolute atomic E-state index is 5.66. The summed E-state index contributed by atoms with van der Waals surface area (Å²) < 4.78 is 5.46. The summed E-state index contributed by atoms with van der Waals surface area (Å²) in [6.07, 6.45) is 6.41. The normalized spacial score (nSPS) is 15.0. The van der Waals surface area contributed by atoms with Crippen molar-refractivity contribution in [1.29, 1.82) is 0 Å². The highest BCUT2D eigenvalue weighted by atomic mass is 16.5. The second kappa shape index (κ2) is 9.82. The molecule has 5 heteroatoms. The van der Waals surface area contributed by atoms with Crippen LogP contribution in [0, 0.1) is 0 Å². The lowest BCUT2D eigenvalue weighted by Crippen LogP contribution is -2.35. The number of pyridine rings is 1. The lowest BCUT2D eigenvalue weighted by molar-refractivity contribution is 0.0342. The number of hydrogen-bond acceptors (Lipinski definition) is 4. The minimum absolute atomic E-state index is 0.771. The van der Waals surface area contributed by atoms with Crippen LogP contribution in [0.4, 0.5) is 0 Å². The van der Waals surface area contributed by atoms with Gasteiger partial charge in [0.1, 0.15) is 5.65 Å². The standard InChI is InChI=1S/C27H32N4O/c28-12-3-1-2-4-22-11-13-29-27-26(22)24-18-23(9-10-25(24)30-27)21-7-5-20(6-8-21)19-31-14-16-32-17-15-31/h5-11,13,18H,1-4,12,14-17,19,28H2,(H,29,30). The Morgan fingerprint density at radius 1 is 0.938 bits per heavy atom. The summed E-state index contributed by atoms with van der Waals surface area (Å²) in [5.41, 5.74) is 13.0. The Labute approximate surface area is 189 Å². The lowest BCUT2D eigenvalue weighted by Gasteiger charge is -2.26. The topological polar surface area (TPSA) is 67.2 Å². The average molecular weight is 429 g/mol. The SMILES string of the molecule is NCCCCCc1ccnc2[nH]c3ccc(-c4ccc(CN5CCOCC5)cc4)cc3c12. The van der Waals surface area contributed by atoms with E-state index in [0.717, 1.165) is 69.8 Å². The third-order valence-corrected chi connectivity index (χ3v) is 6.53. The van der Waals surface area contributed by atoms with Gasteiger partial charge in [0.25, 0.3) is 0 Å². The van der Waals surface area contributed by atoms with Gasteiger partial charge in [-0.3, -0.25) is 4.90 Å². The molecule has 1 fully saturated rings. The zero-order valence-corrected chi connectivity index (χ0v) is 18.6. The van der Waals surface area contributed by atoms with E-state index in [0.29, 0.717) is 0 Å². The molecule has 1 aliphatic rings. The summed E-state index contributed by atoms with van der Waals surface area (Å²) in [6, 6.07) is 17.9.